The van der Waals surface area contributed by atoms with Crippen molar-refractivity contribution in [2.75, 3.05) is 57.9 Å². The van der Waals surface area contributed by atoms with Crippen LogP contribution in [0.4, 0.5) is 36.4 Å². The van der Waals surface area contributed by atoms with E-state index in [1.54, 1.807) is 32.2 Å². The van der Waals surface area contributed by atoms with Crippen molar-refractivity contribution in [1.29, 1.82) is 0 Å². The number of rotatable bonds is 8. The van der Waals surface area contributed by atoms with E-state index in [1.807, 2.05) is 11.8 Å². The molecule has 1 saturated carbocycles. The molecule has 1 aromatic carbocycles. The lowest BCUT2D eigenvalue weighted by Crippen LogP contribution is -2.60. The van der Waals surface area contributed by atoms with Gasteiger partial charge >= 0.3 is 18.3 Å². The lowest BCUT2D eigenvalue weighted by molar-refractivity contribution is -0.155. The number of hydrazine groups is 1. The van der Waals surface area contributed by atoms with E-state index >= 15 is 4.39 Å². The molecule has 4 aliphatic rings. The Morgan fingerprint density at radius 1 is 1.05 bits per heavy atom. The molecular formula is C45H53F7N8O5S. The Kier molecular flexibility index (Phi) is 13.2. The van der Waals surface area contributed by atoms with Crippen LogP contribution in [0.25, 0.3) is 33.4 Å². The number of ether oxygens (including phenoxy) is 2. The molecule has 358 valence electrons. The summed E-state index contributed by atoms with van der Waals surface area (Å²) in [5, 5.41) is 6.45. The number of methoxy groups -OCH3 is 1. The third-order valence-electron chi connectivity index (χ3n) is 12.9. The fourth-order valence-electron chi connectivity index (χ4n) is 9.21. The summed E-state index contributed by atoms with van der Waals surface area (Å²) in [6.45, 7) is 5.19. The van der Waals surface area contributed by atoms with Gasteiger partial charge in [-0.1, -0.05) is 20.8 Å². The predicted octanol–water partition coefficient (Wildman–Crippen LogP) is 7.22. The van der Waals surface area contributed by atoms with Crippen molar-refractivity contribution in [3.8, 4) is 22.5 Å². The zero-order valence-electron chi connectivity index (χ0n) is 37.2. The van der Waals surface area contributed by atoms with Crippen molar-refractivity contribution in [1.82, 2.24) is 35.2 Å². The number of halogens is 7. The number of esters is 1. The highest BCUT2D eigenvalue weighted by Gasteiger charge is 2.42. The van der Waals surface area contributed by atoms with Gasteiger partial charge < -0.3 is 24.3 Å². The van der Waals surface area contributed by atoms with E-state index < -0.39 is 66.7 Å². The van der Waals surface area contributed by atoms with Crippen LogP contribution in [0.5, 0.6) is 0 Å². The van der Waals surface area contributed by atoms with Crippen molar-refractivity contribution >= 4 is 45.7 Å². The van der Waals surface area contributed by atoms with E-state index in [4.69, 9.17) is 19.4 Å². The third kappa shape index (κ3) is 10.5. The van der Waals surface area contributed by atoms with Crippen molar-refractivity contribution in [3.05, 3.63) is 51.9 Å². The number of nitrogens with zero attached hydrogens (tertiary/aromatic N) is 6. The highest BCUT2D eigenvalue weighted by atomic mass is 32.1. The van der Waals surface area contributed by atoms with Crippen LogP contribution < -0.4 is 15.6 Å². The lowest BCUT2D eigenvalue weighted by atomic mass is 9.84. The first-order valence-electron chi connectivity index (χ1n) is 22.1. The minimum Gasteiger partial charge on any atom is -0.464 e. The van der Waals surface area contributed by atoms with Crippen LogP contribution in [-0.4, -0.2) is 120 Å². The fraction of sp³-hybridized carbons (Fsp3) is 0.578. The average molecular weight is 951 g/mol. The molecule has 6 heterocycles. The van der Waals surface area contributed by atoms with Gasteiger partial charge in [-0.15, -0.1) is 11.3 Å². The van der Waals surface area contributed by atoms with Crippen LogP contribution in [0, 0.1) is 23.1 Å². The van der Waals surface area contributed by atoms with E-state index in [-0.39, 0.29) is 109 Å². The lowest BCUT2D eigenvalue weighted by Gasteiger charge is -2.36. The Hall–Kier alpha value is -4.86. The highest BCUT2D eigenvalue weighted by molar-refractivity contribution is 7.10. The Morgan fingerprint density at radius 2 is 1.76 bits per heavy atom. The molecule has 2 amide bonds. The Balaban J connectivity index is 1.29. The number of benzene rings is 1. The number of hydrogen-bond acceptors (Lipinski definition) is 11. The molecule has 3 fully saturated rings. The number of cyclic esters (lactones) is 1. The molecule has 2 saturated heterocycles. The van der Waals surface area contributed by atoms with Crippen molar-refractivity contribution < 1.29 is 54.6 Å². The molecule has 2 N–H and O–H groups in total. The number of nitrogens with one attached hydrogen (secondary N) is 2. The minimum absolute atomic E-state index is 0.00913. The summed E-state index contributed by atoms with van der Waals surface area (Å²) in [7, 11) is 1.43. The molecular weight excluding hydrogens is 898 g/mol. The summed E-state index contributed by atoms with van der Waals surface area (Å²) in [4.78, 5) is 53.7. The molecule has 4 aromatic rings. The number of thiazole rings is 1. The van der Waals surface area contributed by atoms with E-state index in [1.165, 1.54) is 29.3 Å². The Morgan fingerprint density at radius 3 is 2.42 bits per heavy atom. The van der Waals surface area contributed by atoms with Gasteiger partial charge in [-0.25, -0.2) is 14.8 Å². The van der Waals surface area contributed by atoms with Crippen LogP contribution in [0.2, 0.25) is 0 Å². The first kappa shape index (κ1) is 47.6. The molecule has 66 heavy (non-hydrogen) atoms. The first-order valence-corrected chi connectivity index (χ1v) is 22.9. The fourth-order valence-corrected chi connectivity index (χ4v) is 10.1. The summed E-state index contributed by atoms with van der Waals surface area (Å²) in [6, 6.07) is 2.18. The molecule has 8 rings (SSSR count). The SMILES string of the molecule is CO[C@@H](C)c1ncc(N2CCN(CC(F)(F)F)CC2)cc1-c1c2c3cc(c(F)cc3n1CC(F)(F)F)-c1csc(n1)C[C@H](NC(=O)[C@H]1C[C@@H]1C)C(=O)N1CCC[C@H](N1)C(=O)OCC(C)(C)C2. The van der Waals surface area contributed by atoms with Crippen LogP contribution >= 0.6 is 11.3 Å². The van der Waals surface area contributed by atoms with Crippen LogP contribution in [0.1, 0.15) is 69.3 Å². The quantitative estimate of drug-likeness (QED) is 0.138. The summed E-state index contributed by atoms with van der Waals surface area (Å²) < 4.78 is 114. The largest absolute Gasteiger partial charge is 0.464 e. The van der Waals surface area contributed by atoms with Gasteiger partial charge in [0.2, 0.25) is 5.91 Å². The number of carbonyl (C=O) groups is 3. The molecule has 3 aliphatic heterocycles. The number of hydrogen-bond donors (Lipinski definition) is 2. The molecule has 0 radical (unpaired) electrons. The van der Waals surface area contributed by atoms with Gasteiger partial charge in [-0.2, -0.15) is 26.3 Å². The van der Waals surface area contributed by atoms with E-state index in [0.29, 0.717) is 35.5 Å². The van der Waals surface area contributed by atoms with E-state index in [0.717, 1.165) is 22.0 Å². The summed E-state index contributed by atoms with van der Waals surface area (Å²) in [6.07, 6.45) is -6.99. The van der Waals surface area contributed by atoms with E-state index in [9.17, 15) is 40.7 Å². The number of piperazine rings is 1. The predicted molar refractivity (Wildman–Crippen MR) is 232 cm³/mol. The maximum Gasteiger partial charge on any atom is 0.406 e. The van der Waals surface area contributed by atoms with Gasteiger partial charge in [0.1, 0.15) is 24.4 Å². The summed E-state index contributed by atoms with van der Waals surface area (Å²) in [5.74, 6) is -2.37. The first-order chi connectivity index (χ1) is 31.1. The third-order valence-corrected chi connectivity index (χ3v) is 13.8. The second kappa shape index (κ2) is 18.3. The van der Waals surface area contributed by atoms with Gasteiger partial charge in [0.05, 0.1) is 58.7 Å². The van der Waals surface area contributed by atoms with Crippen molar-refractivity contribution in [3.63, 3.8) is 0 Å². The molecule has 13 nitrogen and oxygen atoms in total. The highest BCUT2D eigenvalue weighted by Crippen LogP contribution is 2.45. The maximum atomic E-state index is 16.7. The Bertz CT molecular complexity index is 2480. The summed E-state index contributed by atoms with van der Waals surface area (Å²) in [5.41, 5.74) is 3.53. The van der Waals surface area contributed by atoms with Gasteiger partial charge in [0.15, 0.2) is 0 Å². The smallest absolute Gasteiger partial charge is 0.406 e. The number of carbonyl (C=O) groups excluding carboxylic acids is 3. The molecule has 0 unspecified atom stereocenters. The molecule has 21 heteroatoms. The van der Waals surface area contributed by atoms with Crippen LogP contribution in [0.15, 0.2) is 29.8 Å². The summed E-state index contributed by atoms with van der Waals surface area (Å²) >= 11 is 1.14. The molecule has 6 bridgehead atoms. The topological polar surface area (TPSA) is 134 Å². The Labute approximate surface area is 381 Å². The number of pyridine rings is 1. The second-order valence-corrected chi connectivity index (χ2v) is 19.7. The minimum atomic E-state index is -4.80. The molecule has 0 spiro atoms. The number of aromatic nitrogens is 3. The molecule has 3 aromatic heterocycles. The zero-order chi connectivity index (χ0) is 47.5. The van der Waals surface area contributed by atoms with Gasteiger partial charge in [-0.3, -0.25) is 29.3 Å². The van der Waals surface area contributed by atoms with Gasteiger partial charge in [-0.05, 0) is 62.3 Å². The number of amides is 2. The molecule has 1 aliphatic carbocycles. The standard InChI is InChI=1S/C45H53F7N8O5S/c1-24-13-27(24)40(61)55-34-17-37-54-35(20-66-37)29-15-28-31(18-43(3,4)23-65-42(63)33-7-6-8-60(56-33)41(34)62)39(59(22-45(50,51)52)36(28)16-32(29)46)30-14-26(19-53-38(30)25(2)64-5)58-11-9-57(10-12-58)21-44(47,48)49/h14-16,19-20,24-25,27,33-34,56H,6-13,17-18,21-23H2,1-5H3,(H,55,61)/t24-,25-,27-,33-,34-/m0/s1. The molecule has 5 atom stereocenters. The maximum absolute atomic E-state index is 16.7. The number of alkyl halides is 6. The normalized spacial score (nSPS) is 23.7. The van der Waals surface area contributed by atoms with Crippen LogP contribution in [-0.2, 0) is 43.2 Å². The van der Waals surface area contributed by atoms with Crippen molar-refractivity contribution in [2.45, 2.75) is 96.9 Å². The number of fused-ring (bicyclic) bond motifs is 6. The number of anilines is 1. The van der Waals surface area contributed by atoms with Crippen LogP contribution in [0.3, 0.4) is 0 Å². The average Bonchev–Trinajstić information content (AvgIpc) is 3.71. The van der Waals surface area contributed by atoms with Gasteiger partial charge in [0, 0.05) is 79.5 Å². The zero-order valence-corrected chi connectivity index (χ0v) is 38.1. The second-order valence-electron chi connectivity index (χ2n) is 18.7. The van der Waals surface area contributed by atoms with Gasteiger partial charge in [0.25, 0.3) is 5.91 Å². The van der Waals surface area contributed by atoms with E-state index in [2.05, 4.69) is 10.7 Å². The monoisotopic (exact) mass is 950 g/mol. The van der Waals surface area contributed by atoms with Crippen molar-refractivity contribution in [2.24, 2.45) is 17.3 Å².